The zero-order chi connectivity index (χ0) is 12.7. The van der Waals surface area contributed by atoms with Gasteiger partial charge in [-0.25, -0.2) is 4.98 Å². The average Bonchev–Trinajstić information content (AvgIpc) is 2.68. The summed E-state index contributed by atoms with van der Waals surface area (Å²) >= 11 is 6.27. The molecule has 0 aliphatic carbocycles. The van der Waals surface area contributed by atoms with Crippen molar-refractivity contribution in [3.05, 3.63) is 47.3 Å². The predicted octanol–water partition coefficient (Wildman–Crippen LogP) is 4.04. The highest BCUT2D eigenvalue weighted by molar-refractivity contribution is 6.34. The zero-order valence-corrected chi connectivity index (χ0v) is 10.5. The fourth-order valence-electron chi connectivity index (χ4n) is 1.95. The molecule has 0 saturated carbocycles. The van der Waals surface area contributed by atoms with Gasteiger partial charge in [0.05, 0.1) is 5.02 Å². The lowest BCUT2D eigenvalue weighted by atomic mass is 10.0. The van der Waals surface area contributed by atoms with Crippen LogP contribution in [0, 0.1) is 6.92 Å². The Balaban J connectivity index is 2.21. The second-order valence-electron chi connectivity index (χ2n) is 4.15. The molecule has 3 aromatic rings. The van der Waals surface area contributed by atoms with E-state index in [2.05, 4.69) is 4.98 Å². The molecule has 0 spiro atoms. The highest BCUT2D eigenvalue weighted by atomic mass is 35.5. The second-order valence-corrected chi connectivity index (χ2v) is 4.56. The van der Waals surface area contributed by atoms with E-state index in [9.17, 15) is 0 Å². The Labute approximate surface area is 109 Å². The minimum Gasteiger partial charge on any atom is -0.441 e. The van der Waals surface area contributed by atoms with Crippen molar-refractivity contribution in [3.8, 4) is 11.1 Å². The molecule has 0 atom stereocenters. The molecular formula is C14H11ClN2O. The van der Waals surface area contributed by atoms with Gasteiger partial charge in [-0.15, -0.1) is 0 Å². The van der Waals surface area contributed by atoms with Crippen LogP contribution in [0.15, 0.2) is 40.8 Å². The summed E-state index contributed by atoms with van der Waals surface area (Å²) < 4.78 is 5.51. The molecule has 3 rings (SSSR count). The molecule has 0 bridgehead atoms. The topological polar surface area (TPSA) is 52.0 Å². The van der Waals surface area contributed by atoms with E-state index in [1.54, 1.807) is 0 Å². The van der Waals surface area contributed by atoms with E-state index >= 15 is 0 Å². The summed E-state index contributed by atoms with van der Waals surface area (Å²) in [4.78, 5) is 4.25. The van der Waals surface area contributed by atoms with Crippen LogP contribution < -0.4 is 5.73 Å². The molecule has 3 nitrogen and oxygen atoms in total. The molecule has 0 amide bonds. The molecule has 1 heterocycles. The summed E-state index contributed by atoms with van der Waals surface area (Å²) in [7, 11) is 0. The summed E-state index contributed by atoms with van der Waals surface area (Å²) in [5, 5.41) is 0.653. The zero-order valence-electron chi connectivity index (χ0n) is 9.77. The van der Waals surface area contributed by atoms with Crippen LogP contribution in [0.4, 0.5) is 5.69 Å². The normalized spacial score (nSPS) is 11.0. The number of nitrogens with two attached hydrogens (primary N) is 1. The third-order valence-corrected chi connectivity index (χ3v) is 3.12. The van der Waals surface area contributed by atoms with Gasteiger partial charge in [-0.05, 0) is 29.8 Å². The molecule has 2 aromatic carbocycles. The number of aromatic nitrogens is 1. The smallest absolute Gasteiger partial charge is 0.192 e. The number of halogens is 1. The van der Waals surface area contributed by atoms with E-state index in [0.717, 1.165) is 27.9 Å². The van der Waals surface area contributed by atoms with E-state index in [-0.39, 0.29) is 0 Å². The number of anilines is 1. The van der Waals surface area contributed by atoms with Gasteiger partial charge in [0.2, 0.25) is 0 Å². The van der Waals surface area contributed by atoms with E-state index < -0.39 is 0 Å². The van der Waals surface area contributed by atoms with Gasteiger partial charge in [0.25, 0.3) is 0 Å². The average molecular weight is 259 g/mol. The van der Waals surface area contributed by atoms with Crippen molar-refractivity contribution in [3.63, 3.8) is 0 Å². The van der Waals surface area contributed by atoms with Crippen molar-refractivity contribution in [1.82, 2.24) is 4.98 Å². The van der Waals surface area contributed by atoms with E-state index in [1.807, 2.05) is 43.3 Å². The summed E-state index contributed by atoms with van der Waals surface area (Å²) in [5.74, 6) is 0.635. The van der Waals surface area contributed by atoms with Crippen LogP contribution in [-0.2, 0) is 0 Å². The van der Waals surface area contributed by atoms with Crippen molar-refractivity contribution in [2.24, 2.45) is 0 Å². The Morgan fingerprint density at radius 2 is 1.89 bits per heavy atom. The van der Waals surface area contributed by atoms with Crippen LogP contribution in [0.3, 0.4) is 0 Å². The number of hydrogen-bond acceptors (Lipinski definition) is 3. The van der Waals surface area contributed by atoms with Crippen molar-refractivity contribution in [2.75, 3.05) is 5.73 Å². The lowest BCUT2D eigenvalue weighted by Gasteiger charge is -2.04. The summed E-state index contributed by atoms with van der Waals surface area (Å²) in [5.41, 5.74) is 9.84. The van der Waals surface area contributed by atoms with Crippen LogP contribution in [0.1, 0.15) is 5.89 Å². The van der Waals surface area contributed by atoms with Crippen molar-refractivity contribution >= 4 is 28.4 Å². The Bertz CT molecular complexity index is 716. The summed E-state index contributed by atoms with van der Waals surface area (Å²) in [6.07, 6.45) is 0. The number of rotatable bonds is 1. The van der Waals surface area contributed by atoms with E-state index in [0.29, 0.717) is 10.9 Å². The first-order chi connectivity index (χ1) is 8.63. The van der Waals surface area contributed by atoms with E-state index in [1.165, 1.54) is 0 Å². The maximum atomic E-state index is 6.27. The van der Waals surface area contributed by atoms with Crippen LogP contribution in [-0.4, -0.2) is 4.98 Å². The highest BCUT2D eigenvalue weighted by Gasteiger charge is 2.09. The van der Waals surface area contributed by atoms with Crippen LogP contribution >= 0.6 is 11.6 Å². The number of oxazole rings is 1. The minimum atomic E-state index is 0.635. The SMILES string of the molecule is Cc1nc2cc(Cl)c(-c3ccc(N)cc3)cc2o1. The first-order valence-electron chi connectivity index (χ1n) is 5.56. The maximum Gasteiger partial charge on any atom is 0.192 e. The maximum absolute atomic E-state index is 6.27. The Kier molecular flexibility index (Phi) is 2.49. The largest absolute Gasteiger partial charge is 0.441 e. The quantitative estimate of drug-likeness (QED) is 0.670. The molecule has 0 aliphatic heterocycles. The molecule has 90 valence electrons. The fourth-order valence-corrected chi connectivity index (χ4v) is 2.21. The summed E-state index contributed by atoms with van der Waals surface area (Å²) in [6, 6.07) is 11.3. The van der Waals surface area contributed by atoms with Gasteiger partial charge in [0.15, 0.2) is 11.5 Å². The predicted molar refractivity (Wildman–Crippen MR) is 73.6 cm³/mol. The third kappa shape index (κ3) is 1.83. The molecule has 4 heteroatoms. The highest BCUT2D eigenvalue weighted by Crippen LogP contribution is 2.32. The Morgan fingerprint density at radius 3 is 2.61 bits per heavy atom. The second kappa shape index (κ2) is 4.03. The lowest BCUT2D eigenvalue weighted by molar-refractivity contribution is 0.561. The number of hydrogen-bond donors (Lipinski definition) is 1. The van der Waals surface area contributed by atoms with Crippen molar-refractivity contribution in [2.45, 2.75) is 6.92 Å². The van der Waals surface area contributed by atoms with Gasteiger partial charge in [-0.1, -0.05) is 23.7 Å². The Morgan fingerprint density at radius 1 is 1.17 bits per heavy atom. The molecular weight excluding hydrogens is 248 g/mol. The van der Waals surface area contributed by atoms with Crippen LogP contribution in [0.25, 0.3) is 22.2 Å². The lowest BCUT2D eigenvalue weighted by Crippen LogP contribution is -1.85. The standard InChI is InChI=1S/C14H11ClN2O/c1-8-17-13-7-12(15)11(6-14(13)18-8)9-2-4-10(16)5-3-9/h2-7H,16H2,1H3. The van der Waals surface area contributed by atoms with Gasteiger partial charge in [-0.3, -0.25) is 0 Å². The van der Waals surface area contributed by atoms with Gasteiger partial charge >= 0.3 is 0 Å². The molecule has 0 unspecified atom stereocenters. The first kappa shape index (κ1) is 11.1. The number of nitrogen functional groups attached to an aromatic ring is 1. The van der Waals surface area contributed by atoms with Gasteiger partial charge < -0.3 is 10.2 Å². The molecule has 2 N–H and O–H groups in total. The molecule has 1 aromatic heterocycles. The Hall–Kier alpha value is -2.00. The van der Waals surface area contributed by atoms with Gasteiger partial charge in [-0.2, -0.15) is 0 Å². The number of aryl methyl sites for hydroxylation is 1. The number of benzene rings is 2. The fraction of sp³-hybridized carbons (Fsp3) is 0.0714. The van der Waals surface area contributed by atoms with Crippen molar-refractivity contribution in [1.29, 1.82) is 0 Å². The summed E-state index contributed by atoms with van der Waals surface area (Å²) in [6.45, 7) is 1.82. The molecule has 18 heavy (non-hydrogen) atoms. The van der Waals surface area contributed by atoms with Gasteiger partial charge in [0.1, 0.15) is 5.52 Å². The minimum absolute atomic E-state index is 0.635. The van der Waals surface area contributed by atoms with Crippen LogP contribution in [0.2, 0.25) is 5.02 Å². The molecule has 0 fully saturated rings. The molecule has 0 aliphatic rings. The van der Waals surface area contributed by atoms with E-state index in [4.69, 9.17) is 21.8 Å². The van der Waals surface area contributed by atoms with Crippen molar-refractivity contribution < 1.29 is 4.42 Å². The number of fused-ring (bicyclic) bond motifs is 1. The van der Waals surface area contributed by atoms with Gasteiger partial charge in [0, 0.05) is 18.2 Å². The first-order valence-corrected chi connectivity index (χ1v) is 5.94. The monoisotopic (exact) mass is 258 g/mol. The molecule has 0 radical (unpaired) electrons. The number of nitrogens with zero attached hydrogens (tertiary/aromatic N) is 1. The molecule has 0 saturated heterocycles. The third-order valence-electron chi connectivity index (χ3n) is 2.81. The van der Waals surface area contributed by atoms with Crippen LogP contribution in [0.5, 0.6) is 0 Å².